The fraction of sp³-hybridized carbons (Fsp3) is 0.300. The van der Waals surface area contributed by atoms with Crippen molar-refractivity contribution in [1.82, 2.24) is 0 Å². The summed E-state index contributed by atoms with van der Waals surface area (Å²) in [7, 11) is 0. The van der Waals surface area contributed by atoms with Crippen LogP contribution in [0.25, 0.3) is 0 Å². The van der Waals surface area contributed by atoms with Crippen LogP contribution in [0, 0.1) is 0 Å². The van der Waals surface area contributed by atoms with Crippen molar-refractivity contribution in [1.29, 1.82) is 0 Å². The number of hydrogen-bond acceptors (Lipinski definition) is 2. The van der Waals surface area contributed by atoms with Gasteiger partial charge in [0.1, 0.15) is 18.2 Å². The van der Waals surface area contributed by atoms with E-state index in [1.807, 2.05) is 0 Å². The SMILES string of the molecule is NC(CCl)=Nc1ccc(OCC(F)F)cc1. The summed E-state index contributed by atoms with van der Waals surface area (Å²) < 4.78 is 28.5. The van der Waals surface area contributed by atoms with Crippen molar-refractivity contribution in [2.24, 2.45) is 10.7 Å². The predicted molar refractivity (Wildman–Crippen MR) is 59.9 cm³/mol. The first-order chi connectivity index (χ1) is 7.61. The minimum Gasteiger partial charge on any atom is -0.488 e. The van der Waals surface area contributed by atoms with Crippen LogP contribution in [0.2, 0.25) is 0 Å². The maximum Gasteiger partial charge on any atom is 0.272 e. The van der Waals surface area contributed by atoms with Crippen molar-refractivity contribution in [2.45, 2.75) is 6.43 Å². The van der Waals surface area contributed by atoms with Crippen LogP contribution in [0.4, 0.5) is 14.5 Å². The first-order valence-corrected chi connectivity index (χ1v) is 5.05. The normalized spacial score (nSPS) is 11.9. The summed E-state index contributed by atoms with van der Waals surface area (Å²) in [6.07, 6.45) is -2.48. The quantitative estimate of drug-likeness (QED) is 0.495. The van der Waals surface area contributed by atoms with Gasteiger partial charge in [0.2, 0.25) is 0 Å². The van der Waals surface area contributed by atoms with Crippen LogP contribution in [0.3, 0.4) is 0 Å². The topological polar surface area (TPSA) is 47.6 Å². The number of benzene rings is 1. The van der Waals surface area contributed by atoms with Crippen LogP contribution in [-0.4, -0.2) is 24.7 Å². The van der Waals surface area contributed by atoms with Crippen molar-refractivity contribution < 1.29 is 13.5 Å². The highest BCUT2D eigenvalue weighted by Gasteiger charge is 2.03. The third-order valence-electron chi connectivity index (χ3n) is 1.62. The Hall–Kier alpha value is -1.36. The highest BCUT2D eigenvalue weighted by molar-refractivity contribution is 6.28. The van der Waals surface area contributed by atoms with E-state index in [1.54, 1.807) is 24.3 Å². The Kier molecular flexibility index (Phi) is 4.98. The van der Waals surface area contributed by atoms with Gasteiger partial charge in [0.25, 0.3) is 6.43 Å². The third kappa shape index (κ3) is 4.44. The molecule has 0 radical (unpaired) electrons. The van der Waals surface area contributed by atoms with E-state index in [1.165, 1.54) is 0 Å². The molecule has 3 nitrogen and oxygen atoms in total. The average Bonchev–Trinajstić information content (AvgIpc) is 2.28. The number of halogens is 3. The van der Waals surface area contributed by atoms with E-state index in [4.69, 9.17) is 22.1 Å². The standard InChI is InChI=1S/C10H11ClF2N2O/c11-5-10(14)15-7-1-3-8(4-2-7)16-6-9(12)13/h1-4,9H,5-6H2,(H2,14,15). The molecule has 1 aromatic rings. The molecule has 0 unspecified atom stereocenters. The number of alkyl halides is 3. The zero-order chi connectivity index (χ0) is 12.0. The van der Waals surface area contributed by atoms with Gasteiger partial charge in [-0.2, -0.15) is 0 Å². The van der Waals surface area contributed by atoms with Crippen molar-refractivity contribution in [2.75, 3.05) is 12.5 Å². The van der Waals surface area contributed by atoms with Crippen LogP contribution in [0.5, 0.6) is 5.75 Å². The molecule has 2 N–H and O–H groups in total. The van der Waals surface area contributed by atoms with Gasteiger partial charge >= 0.3 is 0 Å². The Morgan fingerprint density at radius 1 is 1.38 bits per heavy atom. The zero-order valence-electron chi connectivity index (χ0n) is 8.37. The summed E-state index contributed by atoms with van der Waals surface area (Å²) in [5, 5.41) is 0. The Labute approximate surface area is 96.9 Å². The van der Waals surface area contributed by atoms with Gasteiger partial charge in [0.15, 0.2) is 0 Å². The first kappa shape index (κ1) is 12.7. The Balaban J connectivity index is 2.61. The molecule has 0 spiro atoms. The predicted octanol–water partition coefficient (Wildman–Crippen LogP) is 2.56. The van der Waals surface area contributed by atoms with E-state index in [0.717, 1.165) is 0 Å². The van der Waals surface area contributed by atoms with Gasteiger partial charge in [-0.1, -0.05) is 0 Å². The molecule has 1 rings (SSSR count). The lowest BCUT2D eigenvalue weighted by Gasteiger charge is -2.05. The smallest absolute Gasteiger partial charge is 0.272 e. The molecule has 16 heavy (non-hydrogen) atoms. The number of ether oxygens (including phenoxy) is 1. The van der Waals surface area contributed by atoms with Crippen molar-refractivity contribution in [3.05, 3.63) is 24.3 Å². The summed E-state index contributed by atoms with van der Waals surface area (Å²) >= 11 is 5.45. The van der Waals surface area contributed by atoms with Gasteiger partial charge in [0.05, 0.1) is 11.6 Å². The first-order valence-electron chi connectivity index (χ1n) is 4.52. The molecular weight excluding hydrogens is 238 g/mol. The molecule has 1 aromatic carbocycles. The fourth-order valence-electron chi connectivity index (χ4n) is 0.972. The molecule has 0 bridgehead atoms. The minimum absolute atomic E-state index is 0.142. The second-order valence-corrected chi connectivity index (χ2v) is 3.20. The van der Waals surface area contributed by atoms with Crippen molar-refractivity contribution >= 4 is 23.1 Å². The highest BCUT2D eigenvalue weighted by atomic mass is 35.5. The molecule has 0 aliphatic rings. The van der Waals surface area contributed by atoms with E-state index in [0.29, 0.717) is 17.3 Å². The maximum atomic E-state index is 11.8. The van der Waals surface area contributed by atoms with Crippen molar-refractivity contribution in [3.8, 4) is 5.75 Å². The van der Waals surface area contributed by atoms with E-state index >= 15 is 0 Å². The van der Waals surface area contributed by atoms with Crippen LogP contribution >= 0.6 is 11.6 Å². The molecule has 0 aromatic heterocycles. The van der Waals surface area contributed by atoms with Gasteiger partial charge in [0, 0.05) is 0 Å². The lowest BCUT2D eigenvalue weighted by atomic mass is 10.3. The van der Waals surface area contributed by atoms with Crippen LogP contribution in [-0.2, 0) is 0 Å². The molecule has 0 amide bonds. The number of nitrogens with two attached hydrogens (primary N) is 1. The summed E-state index contributed by atoms with van der Waals surface area (Å²) in [5.74, 6) is 0.801. The largest absolute Gasteiger partial charge is 0.488 e. The third-order valence-corrected chi connectivity index (χ3v) is 1.90. The zero-order valence-corrected chi connectivity index (χ0v) is 9.12. The molecule has 6 heteroatoms. The molecule has 0 saturated heterocycles. The molecule has 0 aliphatic carbocycles. The number of nitrogens with zero attached hydrogens (tertiary/aromatic N) is 1. The van der Waals surface area contributed by atoms with E-state index < -0.39 is 13.0 Å². The van der Waals surface area contributed by atoms with Crippen LogP contribution in [0.1, 0.15) is 0 Å². The molecular formula is C10H11ClF2N2O. The van der Waals surface area contributed by atoms with Crippen LogP contribution < -0.4 is 10.5 Å². The summed E-state index contributed by atoms with van der Waals surface area (Å²) in [5.41, 5.74) is 6.03. The lowest BCUT2D eigenvalue weighted by molar-refractivity contribution is 0.0819. The second kappa shape index (κ2) is 6.27. The number of amidine groups is 1. The summed E-state index contributed by atoms with van der Waals surface area (Å²) in [4.78, 5) is 3.97. The van der Waals surface area contributed by atoms with Gasteiger partial charge in [-0.05, 0) is 24.3 Å². The monoisotopic (exact) mass is 248 g/mol. The molecule has 0 aliphatic heterocycles. The van der Waals surface area contributed by atoms with E-state index in [9.17, 15) is 8.78 Å². The molecule has 0 atom stereocenters. The molecule has 0 saturated carbocycles. The molecule has 88 valence electrons. The van der Waals surface area contributed by atoms with Crippen molar-refractivity contribution in [3.63, 3.8) is 0 Å². The Morgan fingerprint density at radius 2 is 2.00 bits per heavy atom. The maximum absolute atomic E-state index is 11.8. The van der Waals surface area contributed by atoms with Gasteiger partial charge in [-0.3, -0.25) is 0 Å². The number of hydrogen-bond donors (Lipinski definition) is 1. The minimum atomic E-state index is -2.48. The second-order valence-electron chi connectivity index (χ2n) is 2.93. The average molecular weight is 249 g/mol. The molecule has 0 fully saturated rings. The van der Waals surface area contributed by atoms with Gasteiger partial charge in [-0.25, -0.2) is 13.8 Å². The van der Waals surface area contributed by atoms with E-state index in [-0.39, 0.29) is 5.88 Å². The number of rotatable bonds is 5. The Bertz CT molecular complexity index is 354. The van der Waals surface area contributed by atoms with E-state index in [2.05, 4.69) is 4.99 Å². The van der Waals surface area contributed by atoms with Gasteiger partial charge < -0.3 is 10.5 Å². The van der Waals surface area contributed by atoms with Gasteiger partial charge in [-0.15, -0.1) is 11.6 Å². The lowest BCUT2D eigenvalue weighted by Crippen LogP contribution is -2.12. The molecule has 0 heterocycles. The summed E-state index contributed by atoms with van der Waals surface area (Å²) in [6, 6.07) is 6.31. The summed E-state index contributed by atoms with van der Waals surface area (Å²) in [6.45, 7) is -0.619. The Morgan fingerprint density at radius 3 is 2.50 bits per heavy atom. The van der Waals surface area contributed by atoms with Crippen LogP contribution in [0.15, 0.2) is 29.3 Å². The highest BCUT2D eigenvalue weighted by Crippen LogP contribution is 2.18. The number of aliphatic imine (C=N–C) groups is 1. The fourth-order valence-corrected chi connectivity index (χ4v) is 1.03.